The minimum atomic E-state index is -3.48. The van der Waals surface area contributed by atoms with Crippen LogP contribution in [0.3, 0.4) is 0 Å². The number of sulfonamides is 1. The number of benzene rings is 2. The van der Waals surface area contributed by atoms with Crippen molar-refractivity contribution in [3.63, 3.8) is 0 Å². The molecule has 0 aromatic heterocycles. The van der Waals surface area contributed by atoms with Crippen LogP contribution in [0.4, 0.5) is 10.1 Å². The molecule has 0 bridgehead atoms. The van der Waals surface area contributed by atoms with Crippen LogP contribution in [-0.2, 0) is 21.2 Å². The Morgan fingerprint density at radius 2 is 1.70 bits per heavy atom. The number of halogens is 1. The van der Waals surface area contributed by atoms with E-state index in [4.69, 9.17) is 0 Å². The van der Waals surface area contributed by atoms with Crippen molar-refractivity contribution in [2.75, 3.05) is 18.4 Å². The molecule has 7 heteroatoms. The van der Waals surface area contributed by atoms with E-state index in [2.05, 4.69) is 5.32 Å². The molecule has 0 fully saturated rings. The van der Waals surface area contributed by atoms with E-state index in [1.54, 1.807) is 51.1 Å². The van der Waals surface area contributed by atoms with Crippen molar-refractivity contribution in [1.82, 2.24) is 4.31 Å². The Kier molecular flexibility index (Phi) is 7.10. The zero-order chi connectivity index (χ0) is 20.0. The molecule has 0 atom stereocenters. The molecule has 0 spiro atoms. The Balaban J connectivity index is 1.99. The molecule has 1 N–H and O–H groups in total. The first-order valence-corrected chi connectivity index (χ1v) is 10.4. The van der Waals surface area contributed by atoms with Crippen LogP contribution in [0.2, 0.25) is 0 Å². The van der Waals surface area contributed by atoms with Crippen molar-refractivity contribution >= 4 is 21.6 Å². The molecule has 1 amide bonds. The summed E-state index contributed by atoms with van der Waals surface area (Å²) in [5, 5.41) is 2.71. The molecule has 27 heavy (non-hydrogen) atoms. The summed E-state index contributed by atoms with van der Waals surface area (Å²) in [6.45, 7) is 6.23. The van der Waals surface area contributed by atoms with Crippen LogP contribution in [0.1, 0.15) is 31.4 Å². The fraction of sp³-hybridized carbons (Fsp3) is 0.350. The van der Waals surface area contributed by atoms with Gasteiger partial charge in [0.1, 0.15) is 5.82 Å². The summed E-state index contributed by atoms with van der Waals surface area (Å²) in [4.78, 5) is 12.4. The third-order valence-electron chi connectivity index (χ3n) is 4.38. The third-order valence-corrected chi connectivity index (χ3v) is 6.45. The van der Waals surface area contributed by atoms with Crippen molar-refractivity contribution < 1.29 is 17.6 Å². The molecule has 0 unspecified atom stereocenters. The summed E-state index contributed by atoms with van der Waals surface area (Å²) >= 11 is 0. The molecule has 0 aliphatic rings. The maximum atomic E-state index is 13.3. The van der Waals surface area contributed by atoms with Crippen molar-refractivity contribution in [2.24, 2.45) is 0 Å². The third kappa shape index (κ3) is 5.37. The van der Waals surface area contributed by atoms with Crippen LogP contribution in [0.15, 0.2) is 47.4 Å². The minimum absolute atomic E-state index is 0.219. The van der Waals surface area contributed by atoms with Gasteiger partial charge in [-0.1, -0.05) is 32.0 Å². The summed E-state index contributed by atoms with van der Waals surface area (Å²) < 4.78 is 39.6. The van der Waals surface area contributed by atoms with Gasteiger partial charge in [-0.15, -0.1) is 0 Å². The van der Waals surface area contributed by atoms with Gasteiger partial charge in [0.15, 0.2) is 0 Å². The highest BCUT2D eigenvalue weighted by molar-refractivity contribution is 7.89. The van der Waals surface area contributed by atoms with Crippen LogP contribution in [-0.4, -0.2) is 31.7 Å². The largest absolute Gasteiger partial charge is 0.326 e. The van der Waals surface area contributed by atoms with Crippen LogP contribution < -0.4 is 5.32 Å². The average Bonchev–Trinajstić information content (AvgIpc) is 2.64. The molecule has 0 radical (unpaired) electrons. The zero-order valence-corrected chi connectivity index (χ0v) is 16.6. The lowest BCUT2D eigenvalue weighted by Gasteiger charge is -2.18. The molecule has 0 saturated carbocycles. The second-order valence-corrected chi connectivity index (χ2v) is 8.18. The number of carbonyl (C=O) groups excluding carboxylic acids is 1. The van der Waals surface area contributed by atoms with Crippen LogP contribution in [0.5, 0.6) is 0 Å². The van der Waals surface area contributed by atoms with Gasteiger partial charge < -0.3 is 5.32 Å². The van der Waals surface area contributed by atoms with Crippen molar-refractivity contribution in [3.8, 4) is 0 Å². The van der Waals surface area contributed by atoms with Gasteiger partial charge in [-0.25, -0.2) is 12.8 Å². The monoisotopic (exact) mass is 392 g/mol. The van der Waals surface area contributed by atoms with Crippen LogP contribution in [0.25, 0.3) is 0 Å². The Morgan fingerprint density at radius 3 is 2.30 bits per heavy atom. The van der Waals surface area contributed by atoms with Gasteiger partial charge >= 0.3 is 0 Å². The van der Waals surface area contributed by atoms with Crippen molar-refractivity contribution in [3.05, 3.63) is 59.4 Å². The lowest BCUT2D eigenvalue weighted by atomic mass is 10.1. The van der Waals surface area contributed by atoms with Gasteiger partial charge in [-0.05, 0) is 48.7 Å². The Morgan fingerprint density at radius 1 is 1.07 bits per heavy atom. The standard InChI is InChI=1S/C20H25FN2O3S/c1-4-23(5-2)27(25,26)18-11-7-16(8-12-18)9-13-20(24)22-19-14-17(21)10-6-15(19)3/h6-8,10-12,14H,4-5,9,13H2,1-3H3,(H,22,24). The number of carbonyl (C=O) groups is 1. The molecule has 0 aliphatic carbocycles. The first-order valence-electron chi connectivity index (χ1n) is 8.93. The molecular weight excluding hydrogens is 367 g/mol. The topological polar surface area (TPSA) is 66.5 Å². The van der Waals surface area contributed by atoms with E-state index in [1.165, 1.54) is 16.4 Å². The highest BCUT2D eigenvalue weighted by Crippen LogP contribution is 2.18. The number of hydrogen-bond donors (Lipinski definition) is 1. The molecule has 0 aliphatic heterocycles. The summed E-state index contributed by atoms with van der Waals surface area (Å²) in [5.74, 6) is -0.621. The number of aryl methyl sites for hydroxylation is 2. The number of anilines is 1. The van der Waals surface area contributed by atoms with Crippen LogP contribution >= 0.6 is 0 Å². The second kappa shape index (κ2) is 9.10. The second-order valence-electron chi connectivity index (χ2n) is 6.24. The molecule has 2 aromatic rings. The summed E-state index contributed by atoms with van der Waals surface area (Å²) in [6, 6.07) is 10.8. The van der Waals surface area contributed by atoms with Gasteiger partial charge in [0.05, 0.1) is 4.90 Å². The maximum absolute atomic E-state index is 13.3. The van der Waals surface area contributed by atoms with E-state index in [0.29, 0.717) is 25.2 Å². The normalized spacial score (nSPS) is 11.6. The van der Waals surface area contributed by atoms with E-state index in [0.717, 1.165) is 11.1 Å². The number of hydrogen-bond acceptors (Lipinski definition) is 3. The fourth-order valence-corrected chi connectivity index (χ4v) is 4.20. The number of amides is 1. The molecule has 5 nitrogen and oxygen atoms in total. The maximum Gasteiger partial charge on any atom is 0.243 e. The lowest BCUT2D eigenvalue weighted by molar-refractivity contribution is -0.116. The Bertz CT molecular complexity index is 892. The van der Waals surface area contributed by atoms with E-state index in [9.17, 15) is 17.6 Å². The molecule has 0 saturated heterocycles. The van der Waals surface area contributed by atoms with E-state index < -0.39 is 15.8 Å². The van der Waals surface area contributed by atoms with E-state index in [1.807, 2.05) is 0 Å². The highest BCUT2D eigenvalue weighted by atomic mass is 32.2. The molecule has 146 valence electrons. The van der Waals surface area contributed by atoms with Gasteiger partial charge in [0, 0.05) is 25.2 Å². The summed E-state index contributed by atoms with van der Waals surface area (Å²) in [6.07, 6.45) is 0.684. The Labute approximate surface area is 160 Å². The first kappa shape index (κ1) is 21.1. The number of nitrogens with one attached hydrogen (secondary N) is 1. The number of rotatable bonds is 8. The molecule has 2 aromatic carbocycles. The molecule has 2 rings (SSSR count). The van der Waals surface area contributed by atoms with Crippen molar-refractivity contribution in [2.45, 2.75) is 38.5 Å². The van der Waals surface area contributed by atoms with Crippen molar-refractivity contribution in [1.29, 1.82) is 0 Å². The predicted octanol–water partition coefficient (Wildman–Crippen LogP) is 3.74. The van der Waals surface area contributed by atoms with E-state index >= 15 is 0 Å². The lowest BCUT2D eigenvalue weighted by Crippen LogP contribution is -2.30. The number of nitrogens with zero attached hydrogens (tertiary/aromatic N) is 1. The molecular formula is C20H25FN2O3S. The Hall–Kier alpha value is -2.25. The minimum Gasteiger partial charge on any atom is -0.326 e. The van der Waals surface area contributed by atoms with Crippen LogP contribution in [0, 0.1) is 12.7 Å². The quantitative estimate of drug-likeness (QED) is 0.744. The van der Waals surface area contributed by atoms with Gasteiger partial charge in [-0.3, -0.25) is 4.79 Å². The highest BCUT2D eigenvalue weighted by Gasteiger charge is 2.21. The predicted molar refractivity (Wildman–Crippen MR) is 105 cm³/mol. The average molecular weight is 392 g/mol. The summed E-state index contributed by atoms with van der Waals surface area (Å²) in [5.41, 5.74) is 2.11. The van der Waals surface area contributed by atoms with Gasteiger partial charge in [0.2, 0.25) is 15.9 Å². The van der Waals surface area contributed by atoms with Gasteiger partial charge in [0.25, 0.3) is 0 Å². The summed E-state index contributed by atoms with van der Waals surface area (Å²) in [7, 11) is -3.48. The zero-order valence-electron chi connectivity index (χ0n) is 15.8. The van der Waals surface area contributed by atoms with E-state index in [-0.39, 0.29) is 17.2 Å². The van der Waals surface area contributed by atoms with Gasteiger partial charge in [-0.2, -0.15) is 4.31 Å². The SMILES string of the molecule is CCN(CC)S(=O)(=O)c1ccc(CCC(=O)Nc2cc(F)ccc2C)cc1. The fourth-order valence-electron chi connectivity index (χ4n) is 2.74. The first-order chi connectivity index (χ1) is 12.8. The molecule has 0 heterocycles. The smallest absolute Gasteiger partial charge is 0.243 e.